The average molecular weight is 754 g/mol. The largest absolute Gasteiger partial charge is 0.456 e. The summed E-state index contributed by atoms with van der Waals surface area (Å²) in [6.07, 6.45) is 0. The van der Waals surface area contributed by atoms with Gasteiger partial charge in [0.15, 0.2) is 17.5 Å². The molecule has 276 valence electrons. The highest BCUT2D eigenvalue weighted by molar-refractivity contribution is 6.05. The van der Waals surface area contributed by atoms with Crippen molar-refractivity contribution in [3.05, 3.63) is 212 Å². The minimum atomic E-state index is 0.598. The Morgan fingerprint density at radius 3 is 1.46 bits per heavy atom. The van der Waals surface area contributed by atoms with Crippen LogP contribution in [0.5, 0.6) is 0 Å². The molecule has 4 nitrogen and oxygen atoms in total. The molecule has 4 heteroatoms. The van der Waals surface area contributed by atoms with Crippen molar-refractivity contribution in [2.24, 2.45) is 0 Å². The van der Waals surface area contributed by atoms with Crippen LogP contribution in [0.3, 0.4) is 0 Å². The van der Waals surface area contributed by atoms with Gasteiger partial charge in [-0.3, -0.25) is 0 Å². The molecule has 0 atom stereocenters. The third kappa shape index (κ3) is 6.43. The first-order valence-electron chi connectivity index (χ1n) is 19.8. The minimum Gasteiger partial charge on any atom is -0.456 e. The predicted octanol–water partition coefficient (Wildman–Crippen LogP) is 14.6. The molecule has 0 unspecified atom stereocenters. The summed E-state index contributed by atoms with van der Waals surface area (Å²) in [5, 5.41) is 5.78. The van der Waals surface area contributed by atoms with Crippen LogP contribution in [0, 0.1) is 0 Å². The van der Waals surface area contributed by atoms with E-state index in [9.17, 15) is 0 Å². The highest BCUT2D eigenvalue weighted by Crippen LogP contribution is 2.38. The maximum absolute atomic E-state index is 6.19. The fourth-order valence-electron chi connectivity index (χ4n) is 8.20. The number of benzene rings is 9. The van der Waals surface area contributed by atoms with Gasteiger partial charge in [-0.15, -0.1) is 0 Å². The van der Waals surface area contributed by atoms with Gasteiger partial charge in [-0.05, 0) is 79.2 Å². The number of hydrogen-bond acceptors (Lipinski definition) is 4. The molecular formula is C55H35N3O. The van der Waals surface area contributed by atoms with Crippen LogP contribution in [-0.4, -0.2) is 15.0 Å². The molecular weight excluding hydrogens is 719 g/mol. The molecule has 0 aliphatic rings. The molecule has 0 saturated heterocycles. The first-order valence-corrected chi connectivity index (χ1v) is 19.8. The molecule has 2 heterocycles. The first kappa shape index (κ1) is 34.3. The molecule has 0 amide bonds. The summed E-state index contributed by atoms with van der Waals surface area (Å²) < 4.78 is 6.19. The van der Waals surface area contributed by atoms with Crippen LogP contribution in [0.1, 0.15) is 0 Å². The van der Waals surface area contributed by atoms with Gasteiger partial charge in [-0.25, -0.2) is 15.0 Å². The van der Waals surface area contributed by atoms with Crippen molar-refractivity contribution in [3.8, 4) is 78.9 Å². The maximum Gasteiger partial charge on any atom is 0.164 e. The highest BCUT2D eigenvalue weighted by Gasteiger charge is 2.17. The number of hydrogen-bond donors (Lipinski definition) is 0. The van der Waals surface area contributed by atoms with Gasteiger partial charge >= 0.3 is 0 Å². The van der Waals surface area contributed by atoms with Crippen LogP contribution in [0.15, 0.2) is 217 Å². The Balaban J connectivity index is 1.05. The van der Waals surface area contributed by atoms with E-state index in [1.54, 1.807) is 0 Å². The summed E-state index contributed by atoms with van der Waals surface area (Å²) >= 11 is 0. The second-order valence-corrected chi connectivity index (χ2v) is 14.8. The van der Waals surface area contributed by atoms with Crippen LogP contribution in [0.4, 0.5) is 0 Å². The van der Waals surface area contributed by atoms with E-state index in [2.05, 4.69) is 188 Å². The predicted molar refractivity (Wildman–Crippen MR) is 243 cm³/mol. The van der Waals surface area contributed by atoms with Crippen LogP contribution >= 0.6 is 0 Å². The van der Waals surface area contributed by atoms with Crippen LogP contribution in [0.25, 0.3) is 111 Å². The second kappa shape index (κ2) is 14.5. The summed E-state index contributed by atoms with van der Waals surface area (Å²) in [5.41, 5.74) is 11.6. The van der Waals surface area contributed by atoms with E-state index in [4.69, 9.17) is 19.4 Å². The van der Waals surface area contributed by atoms with E-state index in [1.807, 2.05) is 24.3 Å². The van der Waals surface area contributed by atoms with Crippen LogP contribution in [-0.2, 0) is 0 Å². The van der Waals surface area contributed by atoms with Gasteiger partial charge in [0.05, 0.1) is 0 Å². The second-order valence-electron chi connectivity index (χ2n) is 14.8. The summed E-state index contributed by atoms with van der Waals surface area (Å²) in [4.78, 5) is 15.5. The lowest BCUT2D eigenvalue weighted by atomic mass is 9.91. The van der Waals surface area contributed by atoms with Crippen molar-refractivity contribution >= 4 is 32.5 Å². The molecule has 11 rings (SSSR count). The normalized spacial score (nSPS) is 11.4. The smallest absolute Gasteiger partial charge is 0.164 e. The van der Waals surface area contributed by atoms with Gasteiger partial charge in [-0.2, -0.15) is 0 Å². The Kier molecular flexibility index (Phi) is 8.45. The van der Waals surface area contributed by atoms with Gasteiger partial charge in [0.25, 0.3) is 0 Å². The number of furan rings is 1. The van der Waals surface area contributed by atoms with Gasteiger partial charge < -0.3 is 4.42 Å². The minimum absolute atomic E-state index is 0.598. The lowest BCUT2D eigenvalue weighted by molar-refractivity contribution is 0.631. The number of para-hydroxylation sites is 1. The molecule has 9 aromatic carbocycles. The summed E-state index contributed by atoms with van der Waals surface area (Å²) in [7, 11) is 0. The van der Waals surface area contributed by atoms with Crippen LogP contribution < -0.4 is 0 Å². The summed E-state index contributed by atoms with van der Waals surface area (Å²) in [5.74, 6) is 2.64. The summed E-state index contributed by atoms with van der Waals surface area (Å²) in [6, 6.07) is 74.1. The van der Waals surface area contributed by atoms with E-state index < -0.39 is 0 Å². The molecule has 0 aliphatic heterocycles. The van der Waals surface area contributed by atoms with Crippen molar-refractivity contribution in [2.45, 2.75) is 0 Å². The van der Waals surface area contributed by atoms with Crippen molar-refractivity contribution in [3.63, 3.8) is 0 Å². The fourth-order valence-corrected chi connectivity index (χ4v) is 8.20. The lowest BCUT2D eigenvalue weighted by Gasteiger charge is -2.14. The van der Waals surface area contributed by atoms with Crippen molar-refractivity contribution in [2.75, 3.05) is 0 Å². The number of rotatable bonds is 7. The average Bonchev–Trinajstić information content (AvgIpc) is 3.76. The zero-order chi connectivity index (χ0) is 39.1. The zero-order valence-electron chi connectivity index (χ0n) is 32.0. The van der Waals surface area contributed by atoms with E-state index in [1.165, 1.54) is 27.5 Å². The Morgan fingerprint density at radius 1 is 0.271 bits per heavy atom. The van der Waals surface area contributed by atoms with Gasteiger partial charge in [0.1, 0.15) is 11.3 Å². The third-order valence-electron chi connectivity index (χ3n) is 11.2. The van der Waals surface area contributed by atoms with E-state index in [0.717, 1.165) is 66.4 Å². The SMILES string of the molecule is c1ccc(-c2cccc3ccc(-c4nc(-c5ccc(-c6cc7ccccc7o6)cc5)nc(-c5cccc(-c6ccc(-c7ccccc7)c7ccccc67)c5)n4)cc23)cc1. The number of aromatic nitrogens is 3. The Labute approximate surface area is 341 Å². The summed E-state index contributed by atoms with van der Waals surface area (Å²) in [6.45, 7) is 0. The molecule has 0 bridgehead atoms. The monoisotopic (exact) mass is 753 g/mol. The Morgan fingerprint density at radius 2 is 0.763 bits per heavy atom. The molecule has 2 aromatic heterocycles. The molecule has 0 radical (unpaired) electrons. The molecule has 0 saturated carbocycles. The molecule has 11 aromatic rings. The van der Waals surface area contributed by atoms with E-state index >= 15 is 0 Å². The van der Waals surface area contributed by atoms with Gasteiger partial charge in [0.2, 0.25) is 0 Å². The van der Waals surface area contributed by atoms with E-state index in [-0.39, 0.29) is 0 Å². The number of fused-ring (bicyclic) bond motifs is 3. The highest BCUT2D eigenvalue weighted by atomic mass is 16.3. The lowest BCUT2D eigenvalue weighted by Crippen LogP contribution is -2.00. The van der Waals surface area contributed by atoms with Gasteiger partial charge in [-0.1, -0.05) is 188 Å². The molecule has 0 aliphatic carbocycles. The standard InChI is InChI=1S/C55H35N3O/c1-3-13-36(14-4-1)45-23-12-18-38-25-30-44(34-50(38)45)55-57-53(40-28-26-39(27-29-40)52-35-42-17-7-10-24-51(42)59-52)56-54(58-55)43-20-11-19-41(33-43)47-32-31-46(37-15-5-2-6-16-37)48-21-8-9-22-49(47)48/h1-35H. The van der Waals surface area contributed by atoms with Gasteiger partial charge in [0, 0.05) is 27.6 Å². The van der Waals surface area contributed by atoms with Crippen LogP contribution in [0.2, 0.25) is 0 Å². The van der Waals surface area contributed by atoms with Crippen molar-refractivity contribution in [1.29, 1.82) is 0 Å². The quantitative estimate of drug-likeness (QED) is 0.163. The maximum atomic E-state index is 6.19. The van der Waals surface area contributed by atoms with Crippen molar-refractivity contribution in [1.82, 2.24) is 15.0 Å². The fraction of sp³-hybridized carbons (Fsp3) is 0. The van der Waals surface area contributed by atoms with E-state index in [0.29, 0.717) is 17.5 Å². The molecule has 59 heavy (non-hydrogen) atoms. The van der Waals surface area contributed by atoms with Crippen molar-refractivity contribution < 1.29 is 4.42 Å². The topological polar surface area (TPSA) is 51.8 Å². The molecule has 0 fully saturated rings. The number of nitrogens with zero attached hydrogens (tertiary/aromatic N) is 3. The first-order chi connectivity index (χ1) is 29.2. The Bertz CT molecular complexity index is 3280. The molecule has 0 N–H and O–H groups in total. The Hall–Kier alpha value is -7.95. The molecule has 0 spiro atoms. The zero-order valence-corrected chi connectivity index (χ0v) is 32.0. The third-order valence-corrected chi connectivity index (χ3v) is 11.2.